The number of aryl methyl sites for hydroxylation is 1. The Morgan fingerprint density at radius 3 is 2.59 bits per heavy atom. The maximum atomic E-state index is 13.3. The molecule has 1 fully saturated rings. The molecule has 6 nitrogen and oxygen atoms in total. The fraction of sp³-hybridized carbons (Fsp3) is 0.318. The number of benzene rings is 2. The summed E-state index contributed by atoms with van der Waals surface area (Å²) in [5, 5.41) is 2.72. The van der Waals surface area contributed by atoms with E-state index in [0.717, 1.165) is 29.0 Å². The van der Waals surface area contributed by atoms with Gasteiger partial charge in [-0.2, -0.15) is 0 Å². The molecular weight excluding hydrogens is 373 g/mol. The molecule has 0 saturated carbocycles. The Balaban J connectivity index is 1.58. The highest BCUT2D eigenvalue weighted by Crippen LogP contribution is 2.33. The van der Waals surface area contributed by atoms with Crippen molar-refractivity contribution in [3.8, 4) is 0 Å². The monoisotopic (exact) mass is 395 g/mol. The number of nitrogens with zero attached hydrogens (tertiary/aromatic N) is 2. The van der Waals surface area contributed by atoms with Gasteiger partial charge in [-0.25, -0.2) is 9.18 Å². The minimum Gasteiger partial charge on any atom is -0.319 e. The summed E-state index contributed by atoms with van der Waals surface area (Å²) in [4.78, 5) is 41.4. The summed E-state index contributed by atoms with van der Waals surface area (Å²) < 4.78 is 13.3. The fourth-order valence-electron chi connectivity index (χ4n) is 4.16. The molecule has 0 bridgehead atoms. The number of anilines is 1. The Bertz CT molecular complexity index is 976. The molecule has 0 radical (unpaired) electrons. The second-order valence-electron chi connectivity index (χ2n) is 7.36. The smallest absolute Gasteiger partial charge is 0.319 e. The first-order valence-electron chi connectivity index (χ1n) is 9.74. The lowest BCUT2D eigenvalue weighted by atomic mass is 9.87. The van der Waals surface area contributed by atoms with Crippen molar-refractivity contribution >= 4 is 23.5 Å². The van der Waals surface area contributed by atoms with Crippen molar-refractivity contribution in [2.75, 3.05) is 18.0 Å². The summed E-state index contributed by atoms with van der Waals surface area (Å²) in [5.74, 6) is -1.21. The molecule has 7 heteroatoms. The van der Waals surface area contributed by atoms with Crippen LogP contribution in [0.25, 0.3) is 0 Å². The first-order chi connectivity index (χ1) is 14.0. The van der Waals surface area contributed by atoms with Gasteiger partial charge in [0.1, 0.15) is 17.9 Å². The second kappa shape index (κ2) is 7.31. The molecule has 150 valence electrons. The van der Waals surface area contributed by atoms with Crippen LogP contribution in [0.5, 0.6) is 0 Å². The van der Waals surface area contributed by atoms with Crippen LogP contribution in [-0.4, -0.2) is 35.8 Å². The molecule has 1 saturated heterocycles. The fourth-order valence-corrected chi connectivity index (χ4v) is 4.16. The number of fused-ring (bicyclic) bond motifs is 1. The molecule has 1 atom stereocenters. The number of carbonyl (C=O) groups is 3. The van der Waals surface area contributed by atoms with Crippen LogP contribution >= 0.6 is 0 Å². The van der Waals surface area contributed by atoms with Crippen molar-refractivity contribution in [1.29, 1.82) is 0 Å². The summed E-state index contributed by atoms with van der Waals surface area (Å²) in [6.07, 6.45) is 2.02. The molecule has 4 rings (SSSR count). The molecule has 29 heavy (non-hydrogen) atoms. The van der Waals surface area contributed by atoms with Crippen LogP contribution in [0.4, 0.5) is 14.9 Å². The van der Waals surface area contributed by atoms with Gasteiger partial charge in [0.05, 0.1) is 0 Å². The Labute approximate surface area is 168 Å². The largest absolute Gasteiger partial charge is 0.325 e. The summed E-state index contributed by atoms with van der Waals surface area (Å²) in [5.41, 5.74) is 1.12. The lowest BCUT2D eigenvalue weighted by Gasteiger charge is -2.30. The Kier molecular flexibility index (Phi) is 4.82. The molecule has 2 aliphatic rings. The zero-order chi connectivity index (χ0) is 20.6. The number of hydrogen-bond acceptors (Lipinski definition) is 3. The van der Waals surface area contributed by atoms with E-state index in [0.29, 0.717) is 18.5 Å². The topological polar surface area (TPSA) is 69.7 Å². The minimum atomic E-state index is -1.29. The van der Waals surface area contributed by atoms with E-state index in [4.69, 9.17) is 0 Å². The highest BCUT2D eigenvalue weighted by atomic mass is 19.1. The van der Waals surface area contributed by atoms with Crippen LogP contribution in [0.1, 0.15) is 30.9 Å². The van der Waals surface area contributed by atoms with Crippen LogP contribution < -0.4 is 10.2 Å². The third kappa shape index (κ3) is 3.16. The van der Waals surface area contributed by atoms with Gasteiger partial charge < -0.3 is 10.2 Å². The van der Waals surface area contributed by atoms with E-state index in [1.807, 2.05) is 24.3 Å². The van der Waals surface area contributed by atoms with E-state index < -0.39 is 23.3 Å². The van der Waals surface area contributed by atoms with Crippen molar-refractivity contribution in [1.82, 2.24) is 10.2 Å². The maximum Gasteiger partial charge on any atom is 0.325 e. The third-order valence-electron chi connectivity index (χ3n) is 5.75. The lowest BCUT2D eigenvalue weighted by Crippen LogP contribution is -2.46. The van der Waals surface area contributed by atoms with Crippen LogP contribution in [-0.2, 0) is 21.5 Å². The van der Waals surface area contributed by atoms with Crippen molar-refractivity contribution in [3.05, 3.63) is 65.5 Å². The number of carbonyl (C=O) groups excluding carboxylic acids is 3. The summed E-state index contributed by atoms with van der Waals surface area (Å²) in [6, 6.07) is 12.5. The van der Waals surface area contributed by atoms with E-state index in [2.05, 4.69) is 5.32 Å². The molecule has 0 spiro atoms. The molecule has 1 unspecified atom stereocenters. The molecule has 0 aromatic heterocycles. The molecule has 2 aromatic carbocycles. The molecule has 2 heterocycles. The van der Waals surface area contributed by atoms with Gasteiger partial charge in [0.25, 0.3) is 5.91 Å². The second-order valence-corrected chi connectivity index (χ2v) is 7.36. The number of rotatable bonds is 4. The lowest BCUT2D eigenvalue weighted by molar-refractivity contribution is -0.134. The molecule has 2 aromatic rings. The molecule has 1 N–H and O–H groups in total. The minimum absolute atomic E-state index is 0.292. The Morgan fingerprint density at radius 1 is 1.14 bits per heavy atom. The molecular formula is C22H22FN3O3. The normalized spacial score (nSPS) is 21.2. The van der Waals surface area contributed by atoms with E-state index in [-0.39, 0.29) is 12.5 Å². The number of halogens is 1. The number of urea groups is 1. The van der Waals surface area contributed by atoms with Crippen molar-refractivity contribution < 1.29 is 18.8 Å². The summed E-state index contributed by atoms with van der Waals surface area (Å²) in [7, 11) is 0. The molecule has 4 amide bonds. The van der Waals surface area contributed by atoms with Gasteiger partial charge in [-0.3, -0.25) is 14.5 Å². The van der Waals surface area contributed by atoms with Gasteiger partial charge in [0.15, 0.2) is 0 Å². The maximum absolute atomic E-state index is 13.3. The number of imide groups is 1. The van der Waals surface area contributed by atoms with E-state index in [9.17, 15) is 18.8 Å². The van der Waals surface area contributed by atoms with E-state index in [1.165, 1.54) is 24.3 Å². The van der Waals surface area contributed by atoms with E-state index >= 15 is 0 Å². The predicted octanol–water partition coefficient (Wildman–Crippen LogP) is 2.96. The first kappa shape index (κ1) is 19.1. The van der Waals surface area contributed by atoms with Gasteiger partial charge in [-0.15, -0.1) is 0 Å². The number of para-hydroxylation sites is 1. The van der Waals surface area contributed by atoms with Gasteiger partial charge in [0, 0.05) is 12.2 Å². The molecule has 2 aliphatic heterocycles. The van der Waals surface area contributed by atoms with Crippen molar-refractivity contribution in [3.63, 3.8) is 0 Å². The zero-order valence-corrected chi connectivity index (χ0v) is 16.2. The Hall–Kier alpha value is -3.22. The van der Waals surface area contributed by atoms with Crippen molar-refractivity contribution in [2.45, 2.75) is 31.7 Å². The van der Waals surface area contributed by atoms with Crippen LogP contribution in [0.2, 0.25) is 0 Å². The number of amides is 4. The van der Waals surface area contributed by atoms with Gasteiger partial charge in [-0.1, -0.05) is 37.3 Å². The van der Waals surface area contributed by atoms with Gasteiger partial charge >= 0.3 is 6.03 Å². The van der Waals surface area contributed by atoms with Crippen LogP contribution in [0, 0.1) is 5.82 Å². The van der Waals surface area contributed by atoms with Crippen LogP contribution in [0.15, 0.2) is 48.5 Å². The SMILES string of the molecule is CCC1(c2ccc(F)cc2)NC(=O)N(CC(=O)N2CCCc3ccccc32)C1=O. The summed E-state index contributed by atoms with van der Waals surface area (Å²) in [6.45, 7) is 1.99. The Morgan fingerprint density at radius 2 is 1.86 bits per heavy atom. The molecule has 0 aliphatic carbocycles. The summed E-state index contributed by atoms with van der Waals surface area (Å²) >= 11 is 0. The average molecular weight is 395 g/mol. The highest BCUT2D eigenvalue weighted by Gasteiger charge is 2.51. The number of hydrogen-bond donors (Lipinski definition) is 1. The van der Waals surface area contributed by atoms with Gasteiger partial charge in [0.2, 0.25) is 5.91 Å². The predicted molar refractivity (Wildman–Crippen MR) is 106 cm³/mol. The third-order valence-corrected chi connectivity index (χ3v) is 5.75. The standard InChI is InChI=1S/C22H22FN3O3/c1-2-22(16-9-11-17(23)12-10-16)20(28)26(21(29)24-22)14-19(27)25-13-5-7-15-6-3-4-8-18(15)25/h3-4,6,8-12H,2,5,7,13-14H2,1H3,(H,24,29). The quantitative estimate of drug-likeness (QED) is 0.810. The average Bonchev–Trinajstić information content (AvgIpc) is 2.99. The van der Waals surface area contributed by atoms with Crippen molar-refractivity contribution in [2.24, 2.45) is 0 Å². The van der Waals surface area contributed by atoms with Crippen LogP contribution in [0.3, 0.4) is 0 Å². The first-order valence-corrected chi connectivity index (χ1v) is 9.74. The van der Waals surface area contributed by atoms with E-state index in [1.54, 1.807) is 11.8 Å². The highest BCUT2D eigenvalue weighted by molar-refractivity contribution is 6.10. The zero-order valence-electron chi connectivity index (χ0n) is 16.2. The van der Waals surface area contributed by atoms with Gasteiger partial charge in [-0.05, 0) is 48.6 Å². The number of nitrogens with one attached hydrogen (secondary N) is 1.